The number of ether oxygens (including phenoxy) is 2. The summed E-state index contributed by atoms with van der Waals surface area (Å²) in [4.78, 5) is 0. The van der Waals surface area contributed by atoms with E-state index in [-0.39, 0.29) is 0 Å². The van der Waals surface area contributed by atoms with Gasteiger partial charge in [-0.2, -0.15) is 0 Å². The maximum absolute atomic E-state index is 6.35. The fourth-order valence-corrected chi connectivity index (χ4v) is 2.92. The van der Waals surface area contributed by atoms with E-state index in [2.05, 4.69) is 18.3 Å². The van der Waals surface area contributed by atoms with Gasteiger partial charge in [-0.1, -0.05) is 31.9 Å². The normalized spacial score (nSPS) is 16.5. The van der Waals surface area contributed by atoms with Crippen LogP contribution in [-0.2, 0) is 6.54 Å². The smallest absolute Gasteiger partial charge is 0.166 e. The lowest BCUT2D eigenvalue weighted by Crippen LogP contribution is -2.19. The second-order valence-electron chi connectivity index (χ2n) is 5.86. The molecule has 1 N–H and O–H groups in total. The summed E-state index contributed by atoms with van der Waals surface area (Å²) in [6.07, 6.45) is 9.07. The molecule has 1 saturated carbocycles. The van der Waals surface area contributed by atoms with E-state index in [0.717, 1.165) is 31.0 Å². The molecular weight excluding hydrogens is 262 g/mol. The van der Waals surface area contributed by atoms with Crippen LogP contribution in [0.1, 0.15) is 57.4 Å². The Morgan fingerprint density at radius 2 is 1.90 bits per heavy atom. The maximum Gasteiger partial charge on any atom is 0.166 e. The summed E-state index contributed by atoms with van der Waals surface area (Å²) in [7, 11) is 1.72. The minimum atomic E-state index is 0.341. The SMILES string of the molecule is CCCNCc1cccc(OC)c1OC1CCCCCC1. The molecule has 0 aromatic heterocycles. The van der Waals surface area contributed by atoms with Gasteiger partial charge in [-0.15, -0.1) is 0 Å². The van der Waals surface area contributed by atoms with E-state index in [0.29, 0.717) is 6.10 Å². The zero-order valence-electron chi connectivity index (χ0n) is 13.5. The zero-order valence-corrected chi connectivity index (χ0v) is 13.5. The number of nitrogens with one attached hydrogen (secondary N) is 1. The molecule has 0 aliphatic heterocycles. The highest BCUT2D eigenvalue weighted by Crippen LogP contribution is 2.34. The van der Waals surface area contributed by atoms with Gasteiger partial charge >= 0.3 is 0 Å². The Morgan fingerprint density at radius 3 is 2.57 bits per heavy atom. The third-order valence-electron chi connectivity index (χ3n) is 4.11. The maximum atomic E-state index is 6.35. The van der Waals surface area contributed by atoms with Crippen molar-refractivity contribution in [2.24, 2.45) is 0 Å². The van der Waals surface area contributed by atoms with Gasteiger partial charge in [0.05, 0.1) is 13.2 Å². The first-order chi connectivity index (χ1) is 10.3. The van der Waals surface area contributed by atoms with Crippen molar-refractivity contribution >= 4 is 0 Å². The highest BCUT2D eigenvalue weighted by molar-refractivity contribution is 5.46. The van der Waals surface area contributed by atoms with Crippen molar-refractivity contribution in [1.82, 2.24) is 5.32 Å². The van der Waals surface area contributed by atoms with Crippen LogP contribution in [0.3, 0.4) is 0 Å². The van der Waals surface area contributed by atoms with Gasteiger partial charge in [0.25, 0.3) is 0 Å². The summed E-state index contributed by atoms with van der Waals surface area (Å²) in [6, 6.07) is 6.17. The lowest BCUT2D eigenvalue weighted by molar-refractivity contribution is 0.174. The lowest BCUT2D eigenvalue weighted by atomic mass is 10.1. The van der Waals surface area contributed by atoms with Gasteiger partial charge in [-0.25, -0.2) is 0 Å². The Morgan fingerprint density at radius 1 is 1.14 bits per heavy atom. The Kier molecular flexibility index (Phi) is 6.87. The number of benzene rings is 1. The molecule has 0 heterocycles. The van der Waals surface area contributed by atoms with Crippen LogP contribution in [0, 0.1) is 0 Å². The molecule has 1 aromatic rings. The number of hydrogen-bond acceptors (Lipinski definition) is 3. The molecule has 1 aromatic carbocycles. The van der Waals surface area contributed by atoms with Gasteiger partial charge in [0.15, 0.2) is 11.5 Å². The lowest BCUT2D eigenvalue weighted by Gasteiger charge is -2.21. The third kappa shape index (κ3) is 4.92. The van der Waals surface area contributed by atoms with Crippen molar-refractivity contribution in [3.05, 3.63) is 23.8 Å². The summed E-state index contributed by atoms with van der Waals surface area (Å²) < 4.78 is 11.9. The van der Waals surface area contributed by atoms with Crippen LogP contribution in [-0.4, -0.2) is 19.8 Å². The van der Waals surface area contributed by atoms with Gasteiger partial charge in [0, 0.05) is 12.1 Å². The predicted octanol–water partition coefficient (Wildman–Crippen LogP) is 4.30. The summed E-state index contributed by atoms with van der Waals surface area (Å²) in [5.74, 6) is 1.80. The molecule has 0 radical (unpaired) electrons. The van der Waals surface area contributed by atoms with Crippen LogP contribution in [0.15, 0.2) is 18.2 Å². The van der Waals surface area contributed by atoms with E-state index in [4.69, 9.17) is 9.47 Å². The molecule has 3 nitrogen and oxygen atoms in total. The summed E-state index contributed by atoms with van der Waals surface area (Å²) in [5, 5.41) is 3.46. The highest BCUT2D eigenvalue weighted by atomic mass is 16.5. The first-order valence-corrected chi connectivity index (χ1v) is 8.38. The topological polar surface area (TPSA) is 30.5 Å². The van der Waals surface area contributed by atoms with Gasteiger partial charge in [-0.05, 0) is 44.7 Å². The van der Waals surface area contributed by atoms with Gasteiger partial charge < -0.3 is 14.8 Å². The van der Waals surface area contributed by atoms with Crippen molar-refractivity contribution in [1.29, 1.82) is 0 Å². The quantitative estimate of drug-likeness (QED) is 0.600. The molecule has 0 amide bonds. The van der Waals surface area contributed by atoms with Crippen LogP contribution in [0.5, 0.6) is 11.5 Å². The van der Waals surface area contributed by atoms with Crippen LogP contribution < -0.4 is 14.8 Å². The molecule has 118 valence electrons. The fourth-order valence-electron chi connectivity index (χ4n) is 2.92. The minimum absolute atomic E-state index is 0.341. The highest BCUT2D eigenvalue weighted by Gasteiger charge is 2.18. The monoisotopic (exact) mass is 291 g/mol. The molecule has 1 aliphatic carbocycles. The van der Waals surface area contributed by atoms with E-state index < -0.39 is 0 Å². The summed E-state index contributed by atoms with van der Waals surface area (Å²) in [5.41, 5.74) is 1.20. The largest absolute Gasteiger partial charge is 0.493 e. The Bertz CT molecular complexity index is 412. The van der Waals surface area contributed by atoms with E-state index >= 15 is 0 Å². The average molecular weight is 291 g/mol. The number of para-hydroxylation sites is 1. The second-order valence-corrected chi connectivity index (χ2v) is 5.86. The first-order valence-electron chi connectivity index (χ1n) is 8.38. The molecule has 21 heavy (non-hydrogen) atoms. The fraction of sp³-hybridized carbons (Fsp3) is 0.667. The molecule has 2 rings (SSSR count). The predicted molar refractivity (Wildman–Crippen MR) is 87.1 cm³/mol. The Balaban J connectivity index is 2.09. The van der Waals surface area contributed by atoms with Gasteiger partial charge in [0.2, 0.25) is 0 Å². The first kappa shape index (κ1) is 16.2. The third-order valence-corrected chi connectivity index (χ3v) is 4.11. The number of methoxy groups -OCH3 is 1. The van der Waals surface area contributed by atoms with Gasteiger partial charge in [-0.3, -0.25) is 0 Å². The molecule has 1 aliphatic rings. The van der Waals surface area contributed by atoms with Crippen LogP contribution >= 0.6 is 0 Å². The van der Waals surface area contributed by atoms with Crippen molar-refractivity contribution < 1.29 is 9.47 Å². The number of rotatable bonds is 7. The van der Waals surface area contributed by atoms with Crippen LogP contribution in [0.4, 0.5) is 0 Å². The molecule has 0 bridgehead atoms. The van der Waals surface area contributed by atoms with E-state index in [9.17, 15) is 0 Å². The molecule has 1 fully saturated rings. The Hall–Kier alpha value is -1.22. The standard InChI is InChI=1S/C18H29NO2/c1-3-13-19-14-15-9-8-12-17(20-2)18(15)21-16-10-6-4-5-7-11-16/h8-9,12,16,19H,3-7,10-11,13-14H2,1-2H3. The molecule has 0 spiro atoms. The van der Waals surface area contributed by atoms with E-state index in [1.807, 2.05) is 12.1 Å². The van der Waals surface area contributed by atoms with Crippen molar-refractivity contribution in [3.63, 3.8) is 0 Å². The van der Waals surface area contributed by atoms with Crippen LogP contribution in [0.25, 0.3) is 0 Å². The molecule has 0 unspecified atom stereocenters. The zero-order chi connectivity index (χ0) is 14.9. The van der Waals surface area contributed by atoms with E-state index in [1.54, 1.807) is 7.11 Å². The molecular formula is C18H29NO2. The van der Waals surface area contributed by atoms with Gasteiger partial charge in [0.1, 0.15) is 0 Å². The molecule has 0 saturated heterocycles. The Labute approximate surface area is 129 Å². The van der Waals surface area contributed by atoms with Crippen molar-refractivity contribution in [2.45, 2.75) is 64.5 Å². The summed E-state index contributed by atoms with van der Waals surface area (Å²) in [6.45, 7) is 4.05. The van der Waals surface area contributed by atoms with E-state index in [1.165, 1.54) is 44.1 Å². The minimum Gasteiger partial charge on any atom is -0.493 e. The molecule has 3 heteroatoms. The number of hydrogen-bond donors (Lipinski definition) is 1. The van der Waals surface area contributed by atoms with Crippen molar-refractivity contribution in [3.8, 4) is 11.5 Å². The average Bonchev–Trinajstić information content (AvgIpc) is 2.77. The van der Waals surface area contributed by atoms with Crippen LogP contribution in [0.2, 0.25) is 0 Å². The summed E-state index contributed by atoms with van der Waals surface area (Å²) >= 11 is 0. The second kappa shape index (κ2) is 8.93. The molecule has 0 atom stereocenters. The van der Waals surface area contributed by atoms with Crippen molar-refractivity contribution in [2.75, 3.05) is 13.7 Å².